The van der Waals surface area contributed by atoms with Crippen LogP contribution < -0.4 is 9.47 Å². The molecule has 1 aliphatic heterocycles. The minimum atomic E-state index is -0.584. The van der Waals surface area contributed by atoms with E-state index in [9.17, 15) is 9.59 Å². The Kier molecular flexibility index (Phi) is 5.12. The molecule has 0 bridgehead atoms. The summed E-state index contributed by atoms with van der Waals surface area (Å²) in [5.74, 6) is 0.226. The summed E-state index contributed by atoms with van der Waals surface area (Å²) in [6, 6.07) is 13.3. The predicted molar refractivity (Wildman–Crippen MR) is 103 cm³/mol. The molecule has 6 nitrogen and oxygen atoms in total. The number of hydrogen-bond donors (Lipinski definition) is 0. The minimum Gasteiger partial charge on any atom is -0.490 e. The van der Waals surface area contributed by atoms with Crippen molar-refractivity contribution in [2.75, 3.05) is 19.8 Å². The Morgan fingerprint density at radius 3 is 2.61 bits per heavy atom. The highest BCUT2D eigenvalue weighted by Gasteiger charge is 2.16. The molecule has 0 aliphatic carbocycles. The number of ketones is 1. The van der Waals surface area contributed by atoms with Gasteiger partial charge in [0, 0.05) is 17.4 Å². The third-order valence-electron chi connectivity index (χ3n) is 4.29. The van der Waals surface area contributed by atoms with Crippen LogP contribution in [0.4, 0.5) is 0 Å². The first-order valence-electron chi connectivity index (χ1n) is 8.76. The Hall–Kier alpha value is -3.12. The second-order valence-electron chi connectivity index (χ2n) is 6.25. The van der Waals surface area contributed by atoms with E-state index in [4.69, 9.17) is 25.8 Å². The standard InChI is InChI=1S/C21H16ClNO5/c22-20-7-4-13-10-15(2-5-16(13)23-20)21(25)28-12-17(24)14-3-6-18-19(11-14)27-9-1-8-26-18/h2-7,10-11H,1,8-9,12H2. The maximum Gasteiger partial charge on any atom is 0.338 e. The van der Waals surface area contributed by atoms with Gasteiger partial charge in [0.05, 0.1) is 24.3 Å². The smallest absolute Gasteiger partial charge is 0.338 e. The molecule has 0 fully saturated rings. The summed E-state index contributed by atoms with van der Waals surface area (Å²) in [7, 11) is 0. The number of pyridine rings is 1. The Labute approximate surface area is 166 Å². The first kappa shape index (κ1) is 18.3. The molecule has 142 valence electrons. The molecule has 4 rings (SSSR count). The van der Waals surface area contributed by atoms with E-state index in [1.54, 1.807) is 48.5 Å². The molecule has 0 saturated heterocycles. The molecule has 2 heterocycles. The molecule has 0 atom stereocenters. The van der Waals surface area contributed by atoms with Crippen LogP contribution in [0.2, 0.25) is 5.15 Å². The van der Waals surface area contributed by atoms with E-state index in [1.165, 1.54) is 0 Å². The molecule has 0 unspecified atom stereocenters. The second kappa shape index (κ2) is 7.86. The predicted octanol–water partition coefficient (Wildman–Crippen LogP) is 4.09. The van der Waals surface area contributed by atoms with E-state index in [2.05, 4.69) is 4.98 Å². The lowest BCUT2D eigenvalue weighted by molar-refractivity contribution is 0.0475. The van der Waals surface area contributed by atoms with Crippen LogP contribution in [0.15, 0.2) is 48.5 Å². The first-order chi connectivity index (χ1) is 13.6. The molecule has 3 aromatic rings. The number of carbonyl (C=O) groups is 2. The normalized spacial score (nSPS) is 13.0. The summed E-state index contributed by atoms with van der Waals surface area (Å²) in [5, 5.41) is 1.14. The second-order valence-corrected chi connectivity index (χ2v) is 6.64. The number of Topliss-reactive ketones (excluding diaryl/α,β-unsaturated/α-hetero) is 1. The van der Waals surface area contributed by atoms with E-state index in [-0.39, 0.29) is 12.4 Å². The van der Waals surface area contributed by atoms with E-state index in [0.717, 1.165) is 11.8 Å². The highest BCUT2D eigenvalue weighted by molar-refractivity contribution is 6.29. The first-order valence-corrected chi connectivity index (χ1v) is 9.14. The Balaban J connectivity index is 1.44. The summed E-state index contributed by atoms with van der Waals surface area (Å²) < 4.78 is 16.3. The van der Waals surface area contributed by atoms with Crippen molar-refractivity contribution in [2.24, 2.45) is 0 Å². The molecule has 28 heavy (non-hydrogen) atoms. The number of esters is 1. The van der Waals surface area contributed by atoms with Gasteiger partial charge in [-0.1, -0.05) is 11.6 Å². The molecule has 0 N–H and O–H groups in total. The Morgan fingerprint density at radius 1 is 0.964 bits per heavy atom. The molecular weight excluding hydrogens is 382 g/mol. The molecule has 1 aromatic heterocycles. The highest BCUT2D eigenvalue weighted by Crippen LogP contribution is 2.30. The van der Waals surface area contributed by atoms with Crippen LogP contribution in [0.5, 0.6) is 11.5 Å². The van der Waals surface area contributed by atoms with Crippen molar-refractivity contribution < 1.29 is 23.8 Å². The number of halogens is 1. The maximum atomic E-state index is 12.4. The van der Waals surface area contributed by atoms with Gasteiger partial charge in [0.2, 0.25) is 0 Å². The number of rotatable bonds is 4. The maximum absolute atomic E-state index is 12.4. The van der Waals surface area contributed by atoms with Crippen molar-refractivity contribution >= 4 is 34.3 Å². The number of carbonyl (C=O) groups excluding carboxylic acids is 2. The average Bonchev–Trinajstić information content (AvgIpc) is 2.96. The van der Waals surface area contributed by atoms with Gasteiger partial charge in [0.1, 0.15) is 5.15 Å². The zero-order chi connectivity index (χ0) is 19.5. The van der Waals surface area contributed by atoms with Gasteiger partial charge in [0.15, 0.2) is 23.9 Å². The number of benzene rings is 2. The van der Waals surface area contributed by atoms with Crippen molar-refractivity contribution in [3.05, 3.63) is 64.8 Å². The molecule has 0 amide bonds. The lowest BCUT2D eigenvalue weighted by Gasteiger charge is -2.09. The minimum absolute atomic E-state index is 0.321. The van der Waals surface area contributed by atoms with Gasteiger partial charge < -0.3 is 14.2 Å². The summed E-state index contributed by atoms with van der Waals surface area (Å²) in [5.41, 5.74) is 1.41. The highest BCUT2D eigenvalue weighted by atomic mass is 35.5. The van der Waals surface area contributed by atoms with Gasteiger partial charge in [-0.05, 0) is 48.5 Å². The third-order valence-corrected chi connectivity index (χ3v) is 4.51. The van der Waals surface area contributed by atoms with Crippen molar-refractivity contribution in [3.63, 3.8) is 0 Å². The lowest BCUT2D eigenvalue weighted by Crippen LogP contribution is -2.14. The molecule has 2 aromatic carbocycles. The number of ether oxygens (including phenoxy) is 3. The van der Waals surface area contributed by atoms with Gasteiger partial charge in [-0.3, -0.25) is 4.79 Å². The number of nitrogens with zero attached hydrogens (tertiary/aromatic N) is 1. The van der Waals surface area contributed by atoms with Crippen molar-refractivity contribution in [1.82, 2.24) is 4.98 Å². The summed E-state index contributed by atoms with van der Waals surface area (Å²) >= 11 is 5.86. The van der Waals surface area contributed by atoms with Crippen LogP contribution in [-0.4, -0.2) is 36.6 Å². The van der Waals surface area contributed by atoms with Gasteiger partial charge in [0.25, 0.3) is 0 Å². The zero-order valence-corrected chi connectivity index (χ0v) is 15.6. The van der Waals surface area contributed by atoms with Gasteiger partial charge in [-0.2, -0.15) is 0 Å². The Bertz CT molecular complexity index is 1070. The lowest BCUT2D eigenvalue weighted by atomic mass is 10.1. The molecular formula is C21H16ClNO5. The molecule has 7 heteroatoms. The van der Waals surface area contributed by atoms with Crippen LogP contribution in [0.25, 0.3) is 10.9 Å². The SMILES string of the molecule is O=C(COC(=O)c1ccc2nc(Cl)ccc2c1)c1ccc2c(c1)OCCCO2. The quantitative estimate of drug-likeness (QED) is 0.375. The van der Waals surface area contributed by atoms with Crippen LogP contribution in [0, 0.1) is 0 Å². The van der Waals surface area contributed by atoms with E-state index in [1.807, 2.05) is 0 Å². The average molecular weight is 398 g/mol. The number of fused-ring (bicyclic) bond motifs is 2. The fourth-order valence-corrected chi connectivity index (χ4v) is 3.02. The molecule has 1 aliphatic rings. The van der Waals surface area contributed by atoms with Crippen molar-refractivity contribution in [2.45, 2.75) is 6.42 Å². The molecule has 0 saturated carbocycles. The fourth-order valence-electron chi connectivity index (χ4n) is 2.86. The van der Waals surface area contributed by atoms with Crippen LogP contribution in [0.3, 0.4) is 0 Å². The van der Waals surface area contributed by atoms with E-state index in [0.29, 0.717) is 46.5 Å². The largest absolute Gasteiger partial charge is 0.490 e. The van der Waals surface area contributed by atoms with Gasteiger partial charge >= 0.3 is 5.97 Å². The van der Waals surface area contributed by atoms with Crippen LogP contribution in [-0.2, 0) is 4.74 Å². The van der Waals surface area contributed by atoms with Crippen molar-refractivity contribution in [3.8, 4) is 11.5 Å². The summed E-state index contributed by atoms with van der Waals surface area (Å²) in [4.78, 5) is 28.9. The molecule has 0 spiro atoms. The van der Waals surface area contributed by atoms with Gasteiger partial charge in [-0.25, -0.2) is 9.78 Å². The zero-order valence-electron chi connectivity index (χ0n) is 14.8. The summed E-state index contributed by atoms with van der Waals surface area (Å²) in [6.07, 6.45) is 0.781. The van der Waals surface area contributed by atoms with Crippen LogP contribution >= 0.6 is 11.6 Å². The van der Waals surface area contributed by atoms with E-state index >= 15 is 0 Å². The van der Waals surface area contributed by atoms with Crippen molar-refractivity contribution in [1.29, 1.82) is 0 Å². The fraction of sp³-hybridized carbons (Fsp3) is 0.190. The Morgan fingerprint density at radius 2 is 1.75 bits per heavy atom. The van der Waals surface area contributed by atoms with Gasteiger partial charge in [-0.15, -0.1) is 0 Å². The number of hydrogen-bond acceptors (Lipinski definition) is 6. The molecule has 0 radical (unpaired) electrons. The van der Waals surface area contributed by atoms with E-state index < -0.39 is 5.97 Å². The topological polar surface area (TPSA) is 74.7 Å². The third kappa shape index (κ3) is 3.92. The monoisotopic (exact) mass is 397 g/mol. The summed E-state index contributed by atoms with van der Waals surface area (Å²) in [6.45, 7) is 0.739. The van der Waals surface area contributed by atoms with Crippen LogP contribution in [0.1, 0.15) is 27.1 Å². The number of aromatic nitrogens is 1.